The van der Waals surface area contributed by atoms with Crippen LogP contribution in [0.25, 0.3) is 22.2 Å². The zero-order chi connectivity index (χ0) is 20.9. The van der Waals surface area contributed by atoms with E-state index < -0.39 is 35.3 Å². The first-order valence-electron chi connectivity index (χ1n) is 9.09. The highest BCUT2D eigenvalue weighted by Crippen LogP contribution is 2.45. The highest BCUT2D eigenvalue weighted by molar-refractivity contribution is 5.92. The number of H-pyrrole nitrogens is 1. The minimum atomic E-state index is -3.47. The summed E-state index contributed by atoms with van der Waals surface area (Å²) in [5.41, 5.74) is 1.84. The predicted molar refractivity (Wildman–Crippen MR) is 98.1 cm³/mol. The van der Waals surface area contributed by atoms with Gasteiger partial charge in [0.25, 0.3) is 5.91 Å². The van der Waals surface area contributed by atoms with Crippen LogP contribution in [0.3, 0.4) is 0 Å². The van der Waals surface area contributed by atoms with Gasteiger partial charge >= 0.3 is 5.92 Å². The van der Waals surface area contributed by atoms with Crippen molar-refractivity contribution in [1.29, 1.82) is 0 Å². The predicted octanol–water partition coefficient (Wildman–Crippen LogP) is 5.27. The molecule has 1 aliphatic rings. The van der Waals surface area contributed by atoms with E-state index in [0.717, 1.165) is 6.07 Å². The van der Waals surface area contributed by atoms with E-state index in [4.69, 9.17) is 0 Å². The van der Waals surface area contributed by atoms with Crippen molar-refractivity contribution in [1.82, 2.24) is 10.3 Å². The van der Waals surface area contributed by atoms with Gasteiger partial charge in [-0.15, -0.1) is 0 Å². The molecule has 0 aliphatic heterocycles. The minimum Gasteiger partial charge on any atom is -0.352 e. The molecule has 0 saturated heterocycles. The Balaban J connectivity index is 1.71. The van der Waals surface area contributed by atoms with Gasteiger partial charge in [0.2, 0.25) is 0 Å². The molecule has 0 atom stereocenters. The maximum absolute atomic E-state index is 14.3. The number of aromatic nitrogens is 1. The van der Waals surface area contributed by atoms with Crippen molar-refractivity contribution in [2.45, 2.75) is 37.6 Å². The number of fused-ring (bicyclic) bond motifs is 1. The van der Waals surface area contributed by atoms with Crippen molar-refractivity contribution in [2.24, 2.45) is 0 Å². The van der Waals surface area contributed by atoms with Gasteiger partial charge in [0, 0.05) is 24.4 Å². The van der Waals surface area contributed by atoms with Crippen molar-refractivity contribution < 1.29 is 26.7 Å². The monoisotopic (exact) mass is 408 g/mol. The molecule has 3 aromatic rings. The fourth-order valence-corrected chi connectivity index (χ4v) is 3.79. The van der Waals surface area contributed by atoms with Crippen molar-refractivity contribution in [2.75, 3.05) is 0 Å². The standard InChI is InChI=1S/C21H17F5N2O/c1-21(25,26)20(29)27-14-6-11(7-14)17-15-8-13(23)9-16(24)19(15)28-18(17)10-2-4-12(22)5-3-10/h2-5,8-9,11,14,28H,6-7H2,1H3,(H,27,29)/t11-,14-. The number of carbonyl (C=O) groups is 1. The highest BCUT2D eigenvalue weighted by Gasteiger charge is 2.39. The van der Waals surface area contributed by atoms with E-state index in [2.05, 4.69) is 10.3 Å². The average Bonchev–Trinajstić information content (AvgIpc) is 2.96. The van der Waals surface area contributed by atoms with E-state index in [1.807, 2.05) is 0 Å². The summed E-state index contributed by atoms with van der Waals surface area (Å²) in [6, 6.07) is 7.08. The van der Waals surface area contributed by atoms with Crippen LogP contribution < -0.4 is 5.32 Å². The molecule has 3 nitrogen and oxygen atoms in total. The Morgan fingerprint density at radius 3 is 2.34 bits per heavy atom. The Labute approximate surface area is 162 Å². The Morgan fingerprint density at radius 1 is 1.07 bits per heavy atom. The van der Waals surface area contributed by atoms with Gasteiger partial charge in [-0.25, -0.2) is 13.2 Å². The minimum absolute atomic E-state index is 0.119. The SMILES string of the molecule is CC(F)(F)C(=O)N[C@H]1C[C@H](c2c(-c3ccc(F)cc3)[nH]c3c(F)cc(F)cc32)C1. The molecule has 29 heavy (non-hydrogen) atoms. The van der Waals surface area contributed by atoms with Gasteiger partial charge in [0.1, 0.15) is 17.5 Å². The van der Waals surface area contributed by atoms with Crippen molar-refractivity contribution >= 4 is 16.8 Å². The maximum Gasteiger partial charge on any atom is 0.321 e. The van der Waals surface area contributed by atoms with E-state index in [1.165, 1.54) is 30.3 Å². The molecule has 1 aromatic heterocycles. The van der Waals surface area contributed by atoms with Crippen LogP contribution in [0.1, 0.15) is 31.2 Å². The van der Waals surface area contributed by atoms with Crippen molar-refractivity contribution in [3.63, 3.8) is 0 Å². The second-order valence-corrected chi connectivity index (χ2v) is 7.46. The lowest BCUT2D eigenvalue weighted by atomic mass is 9.74. The molecule has 0 bridgehead atoms. The van der Waals surface area contributed by atoms with Crippen molar-refractivity contribution in [3.05, 3.63) is 59.4 Å². The lowest BCUT2D eigenvalue weighted by Gasteiger charge is -2.37. The van der Waals surface area contributed by atoms with Crippen LogP contribution in [0, 0.1) is 17.5 Å². The van der Waals surface area contributed by atoms with Crippen LogP contribution in [-0.4, -0.2) is 22.9 Å². The van der Waals surface area contributed by atoms with Crippen molar-refractivity contribution in [3.8, 4) is 11.3 Å². The van der Waals surface area contributed by atoms with E-state index in [9.17, 15) is 26.7 Å². The molecular formula is C21H17F5N2O. The molecule has 8 heteroatoms. The zero-order valence-corrected chi connectivity index (χ0v) is 15.3. The van der Waals surface area contributed by atoms with Gasteiger partial charge in [-0.2, -0.15) is 8.78 Å². The lowest BCUT2D eigenvalue weighted by molar-refractivity contribution is -0.144. The number of halogens is 5. The Kier molecular flexibility index (Phi) is 4.59. The van der Waals surface area contributed by atoms with Gasteiger partial charge in [0.05, 0.1) is 11.2 Å². The van der Waals surface area contributed by atoms with E-state index in [1.54, 1.807) is 0 Å². The number of hydrogen-bond donors (Lipinski definition) is 2. The summed E-state index contributed by atoms with van der Waals surface area (Å²) in [6.45, 7) is 0.524. The molecule has 0 unspecified atom stereocenters. The van der Waals surface area contributed by atoms with Gasteiger partial charge in [-0.1, -0.05) is 0 Å². The molecule has 1 aliphatic carbocycles. The maximum atomic E-state index is 14.3. The summed E-state index contributed by atoms with van der Waals surface area (Å²) in [7, 11) is 0. The van der Waals surface area contributed by atoms with Crippen LogP contribution in [0.2, 0.25) is 0 Å². The summed E-state index contributed by atoms with van der Waals surface area (Å²) in [5, 5.41) is 2.63. The smallest absolute Gasteiger partial charge is 0.321 e. The third kappa shape index (κ3) is 3.59. The van der Waals surface area contributed by atoms with Crippen LogP contribution in [0.4, 0.5) is 22.0 Å². The Hall–Kier alpha value is -2.90. The van der Waals surface area contributed by atoms with Gasteiger partial charge in [-0.3, -0.25) is 4.79 Å². The van der Waals surface area contributed by atoms with Crippen LogP contribution in [0.5, 0.6) is 0 Å². The van der Waals surface area contributed by atoms with Crippen LogP contribution >= 0.6 is 0 Å². The molecule has 4 rings (SSSR count). The van der Waals surface area contributed by atoms with Crippen LogP contribution in [0.15, 0.2) is 36.4 Å². The summed E-state index contributed by atoms with van der Waals surface area (Å²) in [4.78, 5) is 14.4. The second kappa shape index (κ2) is 6.86. The first kappa shape index (κ1) is 19.4. The Morgan fingerprint density at radius 2 is 1.72 bits per heavy atom. The van der Waals surface area contributed by atoms with Gasteiger partial charge in [0.15, 0.2) is 0 Å². The number of rotatable bonds is 4. The molecule has 2 N–H and O–H groups in total. The topological polar surface area (TPSA) is 44.9 Å². The molecule has 1 saturated carbocycles. The number of hydrogen-bond acceptors (Lipinski definition) is 1. The summed E-state index contributed by atoms with van der Waals surface area (Å²) in [6.07, 6.45) is 0.697. The lowest BCUT2D eigenvalue weighted by Crippen LogP contribution is -2.48. The summed E-state index contributed by atoms with van der Waals surface area (Å²) < 4.78 is 67.7. The normalized spacial score (nSPS) is 19.2. The molecule has 1 fully saturated rings. The Bertz CT molecular complexity index is 1080. The molecule has 0 radical (unpaired) electrons. The van der Waals surface area contributed by atoms with Crippen LogP contribution in [-0.2, 0) is 4.79 Å². The van der Waals surface area contributed by atoms with E-state index >= 15 is 0 Å². The molecule has 2 aromatic carbocycles. The molecule has 1 heterocycles. The third-order valence-electron chi connectivity index (χ3n) is 5.28. The molecule has 0 spiro atoms. The number of carbonyl (C=O) groups excluding carboxylic acids is 1. The number of alkyl halides is 2. The number of benzene rings is 2. The summed E-state index contributed by atoms with van der Waals surface area (Å²) in [5.74, 6) is -6.97. The fourth-order valence-electron chi connectivity index (χ4n) is 3.79. The number of amides is 1. The van der Waals surface area contributed by atoms with Gasteiger partial charge < -0.3 is 10.3 Å². The quantitative estimate of drug-likeness (QED) is 0.568. The van der Waals surface area contributed by atoms with E-state index in [0.29, 0.717) is 42.0 Å². The molecular weight excluding hydrogens is 391 g/mol. The number of nitrogens with one attached hydrogen (secondary N) is 2. The largest absolute Gasteiger partial charge is 0.352 e. The first-order chi connectivity index (χ1) is 13.6. The molecule has 152 valence electrons. The highest BCUT2D eigenvalue weighted by atomic mass is 19.3. The zero-order valence-electron chi connectivity index (χ0n) is 15.3. The van der Waals surface area contributed by atoms with Gasteiger partial charge in [-0.05, 0) is 60.2 Å². The molecule has 1 amide bonds. The first-order valence-corrected chi connectivity index (χ1v) is 9.09. The van der Waals surface area contributed by atoms with E-state index in [-0.39, 0.29) is 11.4 Å². The number of aromatic amines is 1. The summed E-state index contributed by atoms with van der Waals surface area (Å²) >= 11 is 0. The fraction of sp³-hybridized carbons (Fsp3) is 0.286. The third-order valence-corrected chi connectivity index (χ3v) is 5.28. The second-order valence-electron chi connectivity index (χ2n) is 7.46. The average molecular weight is 408 g/mol.